The lowest BCUT2D eigenvalue weighted by Gasteiger charge is -2.33. The Hall–Kier alpha value is -1.71. The highest BCUT2D eigenvalue weighted by Crippen LogP contribution is 2.44. The van der Waals surface area contributed by atoms with Crippen LogP contribution in [0.1, 0.15) is 57.7 Å². The molecule has 3 aromatic rings. The van der Waals surface area contributed by atoms with Crippen LogP contribution < -0.4 is 16.4 Å². The fraction of sp³-hybridized carbons (Fsp3) is 0.348. The van der Waals surface area contributed by atoms with Gasteiger partial charge in [-0.3, -0.25) is 14.9 Å². The molecule has 0 unspecified atom stereocenters. The van der Waals surface area contributed by atoms with Gasteiger partial charge in [0.2, 0.25) is 0 Å². The van der Waals surface area contributed by atoms with Crippen molar-refractivity contribution in [1.82, 2.24) is 5.32 Å². The third-order valence-corrected chi connectivity index (χ3v) is 9.25. The number of thiophene rings is 2. The molecule has 1 aliphatic carbocycles. The Labute approximate surface area is 215 Å². The summed E-state index contributed by atoms with van der Waals surface area (Å²) >= 11 is 20.6. The van der Waals surface area contributed by atoms with Crippen molar-refractivity contribution in [2.75, 3.05) is 5.32 Å². The minimum atomic E-state index is -0.497. The first kappa shape index (κ1) is 24.4. The quantitative estimate of drug-likeness (QED) is 0.325. The van der Waals surface area contributed by atoms with Crippen molar-refractivity contribution in [3.05, 3.63) is 49.1 Å². The van der Waals surface area contributed by atoms with E-state index >= 15 is 0 Å². The molecule has 0 saturated carbocycles. The Kier molecular flexibility index (Phi) is 6.77. The first-order valence-corrected chi connectivity index (χ1v) is 13.2. The van der Waals surface area contributed by atoms with Crippen molar-refractivity contribution in [2.45, 2.75) is 40.0 Å². The molecule has 1 aliphatic rings. The standard InChI is InChI=1S/C23H23Cl2N3O2S3/c1-23(2,3)10-4-6-12-14(8-10)33-21(16(12)19(26)29)28-22(31)27-20(30)18-17(25)13-7-5-11(24)9-15(13)32-18/h5,7,9-10H,4,6,8H2,1-3H3,(H2,26,29)(H2,27,28,30,31)/t10-/m1/s1. The van der Waals surface area contributed by atoms with Gasteiger partial charge in [0, 0.05) is 20.0 Å². The number of fused-ring (bicyclic) bond motifs is 2. The van der Waals surface area contributed by atoms with E-state index in [1.807, 2.05) is 0 Å². The van der Waals surface area contributed by atoms with Crippen molar-refractivity contribution in [3.63, 3.8) is 0 Å². The SMILES string of the molecule is CC(C)(C)[C@@H]1CCc2c(sc(NC(=S)NC(=O)c3sc4cc(Cl)ccc4c3Cl)c2C(N)=O)C1. The minimum Gasteiger partial charge on any atom is -0.365 e. The Morgan fingerprint density at radius 1 is 1.21 bits per heavy atom. The van der Waals surface area contributed by atoms with Gasteiger partial charge in [-0.2, -0.15) is 0 Å². The summed E-state index contributed by atoms with van der Waals surface area (Å²) in [6.45, 7) is 6.71. The van der Waals surface area contributed by atoms with E-state index in [-0.39, 0.29) is 10.5 Å². The summed E-state index contributed by atoms with van der Waals surface area (Å²) in [5, 5.41) is 8.02. The number of benzene rings is 1. The number of carbonyl (C=O) groups is 2. The molecule has 174 valence electrons. The van der Waals surface area contributed by atoms with Gasteiger partial charge in [0.05, 0.1) is 10.6 Å². The van der Waals surface area contributed by atoms with Crippen LogP contribution in [0, 0.1) is 11.3 Å². The maximum atomic E-state index is 12.9. The van der Waals surface area contributed by atoms with E-state index in [4.69, 9.17) is 41.2 Å². The second kappa shape index (κ2) is 9.15. The monoisotopic (exact) mass is 539 g/mol. The van der Waals surface area contributed by atoms with Gasteiger partial charge in [-0.1, -0.05) is 50.0 Å². The number of thiocarbonyl (C=S) groups is 1. The number of nitrogens with one attached hydrogen (secondary N) is 2. The number of hydrogen-bond donors (Lipinski definition) is 3. The molecular formula is C23H23Cl2N3O2S3. The van der Waals surface area contributed by atoms with Crippen LogP contribution in [0.15, 0.2) is 18.2 Å². The number of nitrogens with two attached hydrogens (primary N) is 1. The Morgan fingerprint density at radius 2 is 1.94 bits per heavy atom. The zero-order valence-corrected chi connectivity index (χ0v) is 22.3. The van der Waals surface area contributed by atoms with Gasteiger partial charge in [-0.05, 0) is 60.5 Å². The normalized spacial score (nSPS) is 15.8. The Balaban J connectivity index is 1.54. The van der Waals surface area contributed by atoms with E-state index in [1.165, 1.54) is 22.7 Å². The van der Waals surface area contributed by atoms with E-state index in [2.05, 4.69) is 31.4 Å². The van der Waals surface area contributed by atoms with Crippen LogP contribution in [0.2, 0.25) is 10.0 Å². The van der Waals surface area contributed by atoms with E-state index < -0.39 is 11.8 Å². The molecule has 0 bridgehead atoms. The molecular weight excluding hydrogens is 517 g/mol. The number of rotatable bonds is 3. The van der Waals surface area contributed by atoms with Gasteiger partial charge in [0.25, 0.3) is 11.8 Å². The van der Waals surface area contributed by atoms with Gasteiger partial charge in [0.1, 0.15) is 9.88 Å². The maximum Gasteiger partial charge on any atom is 0.269 e. The van der Waals surface area contributed by atoms with Gasteiger partial charge in [-0.15, -0.1) is 22.7 Å². The van der Waals surface area contributed by atoms with Crippen LogP contribution in [0.3, 0.4) is 0 Å². The van der Waals surface area contributed by atoms with Crippen LogP contribution in [0.25, 0.3) is 10.1 Å². The molecule has 2 amide bonds. The molecule has 33 heavy (non-hydrogen) atoms. The molecule has 0 saturated heterocycles. The Bertz CT molecular complexity index is 1290. The van der Waals surface area contributed by atoms with Crippen LogP contribution in [0.4, 0.5) is 5.00 Å². The molecule has 0 aliphatic heterocycles. The molecule has 1 atom stereocenters. The summed E-state index contributed by atoms with van der Waals surface area (Å²) in [6, 6.07) is 5.27. The minimum absolute atomic E-state index is 0.0834. The van der Waals surface area contributed by atoms with Crippen molar-refractivity contribution in [3.8, 4) is 0 Å². The second-order valence-electron chi connectivity index (χ2n) is 9.17. The van der Waals surface area contributed by atoms with Gasteiger partial charge >= 0.3 is 0 Å². The first-order chi connectivity index (χ1) is 15.5. The van der Waals surface area contributed by atoms with Crippen molar-refractivity contribution in [2.24, 2.45) is 17.1 Å². The highest BCUT2D eigenvalue weighted by Gasteiger charge is 2.33. The largest absolute Gasteiger partial charge is 0.365 e. The Morgan fingerprint density at radius 3 is 2.61 bits per heavy atom. The lowest BCUT2D eigenvalue weighted by Crippen LogP contribution is -2.34. The molecule has 2 aromatic heterocycles. The topological polar surface area (TPSA) is 84.2 Å². The number of anilines is 1. The fourth-order valence-electron chi connectivity index (χ4n) is 4.15. The number of halogens is 2. The predicted octanol–water partition coefficient (Wildman–Crippen LogP) is 6.65. The average Bonchev–Trinajstić information content (AvgIpc) is 3.23. The first-order valence-electron chi connectivity index (χ1n) is 10.4. The summed E-state index contributed by atoms with van der Waals surface area (Å²) in [4.78, 5) is 26.6. The molecule has 4 N–H and O–H groups in total. The van der Waals surface area contributed by atoms with Crippen LogP contribution in [-0.2, 0) is 12.8 Å². The highest BCUT2D eigenvalue weighted by molar-refractivity contribution is 7.80. The zero-order chi connectivity index (χ0) is 24.1. The third-order valence-electron chi connectivity index (χ3n) is 5.99. The average molecular weight is 541 g/mol. The van der Waals surface area contributed by atoms with Gasteiger partial charge in [0.15, 0.2) is 5.11 Å². The lowest BCUT2D eigenvalue weighted by atomic mass is 9.72. The van der Waals surface area contributed by atoms with E-state index in [9.17, 15) is 9.59 Å². The van der Waals surface area contributed by atoms with E-state index in [1.54, 1.807) is 18.2 Å². The van der Waals surface area contributed by atoms with Crippen LogP contribution in [-0.4, -0.2) is 16.9 Å². The third kappa shape index (κ3) is 4.91. The number of amides is 2. The molecule has 5 nitrogen and oxygen atoms in total. The lowest BCUT2D eigenvalue weighted by molar-refractivity contribution is 0.0979. The zero-order valence-electron chi connectivity index (χ0n) is 18.3. The van der Waals surface area contributed by atoms with Crippen LogP contribution in [0.5, 0.6) is 0 Å². The molecule has 4 rings (SSSR count). The number of hydrogen-bond acceptors (Lipinski definition) is 5. The maximum absolute atomic E-state index is 12.9. The van der Waals surface area contributed by atoms with E-state index in [0.29, 0.717) is 31.4 Å². The summed E-state index contributed by atoms with van der Waals surface area (Å²) in [7, 11) is 0. The molecule has 1 aromatic carbocycles. The number of primary amides is 1. The molecule has 10 heteroatoms. The molecule has 0 fully saturated rings. The molecule has 0 spiro atoms. The predicted molar refractivity (Wildman–Crippen MR) is 143 cm³/mol. The fourth-order valence-corrected chi connectivity index (χ4v) is 7.44. The van der Waals surface area contributed by atoms with Gasteiger partial charge < -0.3 is 11.1 Å². The van der Waals surface area contributed by atoms with Crippen LogP contribution >= 0.6 is 58.1 Å². The van der Waals surface area contributed by atoms with Crippen molar-refractivity contribution >= 4 is 90.1 Å². The van der Waals surface area contributed by atoms with E-state index in [0.717, 1.165) is 39.8 Å². The number of carbonyl (C=O) groups excluding carboxylic acids is 2. The second-order valence-corrected chi connectivity index (χ2v) is 12.6. The molecule has 0 radical (unpaired) electrons. The summed E-state index contributed by atoms with van der Waals surface area (Å²) in [5.41, 5.74) is 7.36. The van der Waals surface area contributed by atoms with Crippen molar-refractivity contribution < 1.29 is 9.59 Å². The summed E-state index contributed by atoms with van der Waals surface area (Å²) in [6.07, 6.45) is 2.69. The van der Waals surface area contributed by atoms with Crippen molar-refractivity contribution in [1.29, 1.82) is 0 Å². The molecule has 2 heterocycles. The summed E-state index contributed by atoms with van der Waals surface area (Å²) in [5.74, 6) is -0.403. The smallest absolute Gasteiger partial charge is 0.269 e. The van der Waals surface area contributed by atoms with Gasteiger partial charge in [-0.25, -0.2) is 0 Å². The highest BCUT2D eigenvalue weighted by atomic mass is 35.5. The summed E-state index contributed by atoms with van der Waals surface area (Å²) < 4.78 is 0.812.